The first-order valence-corrected chi connectivity index (χ1v) is 9.07. The molecule has 0 aliphatic heterocycles. The number of aromatic amines is 1. The standard InChI is InChI=1S/C18H21N7O2/c1-11(16(26)22-12-6-8-19-9-7-12)21-18-23-15-14(17(27)24-18)10-20-25(15)13-4-2-3-5-13/h6-11,13H,2-5H2,1H3,(H,19,22,26)(H2,21,23,24,27)/t11-/m1/s1. The number of nitrogens with zero attached hydrogens (tertiary/aromatic N) is 4. The Morgan fingerprint density at radius 2 is 2.04 bits per heavy atom. The molecule has 3 aromatic heterocycles. The summed E-state index contributed by atoms with van der Waals surface area (Å²) in [6.07, 6.45) is 9.16. The number of fused-ring (bicyclic) bond motifs is 1. The molecule has 1 amide bonds. The minimum atomic E-state index is -0.596. The van der Waals surface area contributed by atoms with Crippen molar-refractivity contribution in [2.24, 2.45) is 0 Å². The minimum absolute atomic E-state index is 0.242. The maximum absolute atomic E-state index is 12.4. The Balaban J connectivity index is 1.55. The molecule has 27 heavy (non-hydrogen) atoms. The van der Waals surface area contributed by atoms with E-state index in [1.807, 2.05) is 4.68 Å². The van der Waals surface area contributed by atoms with Crippen molar-refractivity contribution in [3.63, 3.8) is 0 Å². The third-order valence-corrected chi connectivity index (χ3v) is 4.83. The molecule has 0 saturated heterocycles. The molecule has 1 fully saturated rings. The first kappa shape index (κ1) is 17.2. The fraction of sp³-hybridized carbons (Fsp3) is 0.389. The van der Waals surface area contributed by atoms with Gasteiger partial charge in [-0.15, -0.1) is 0 Å². The Kier molecular flexibility index (Phi) is 4.57. The second-order valence-corrected chi connectivity index (χ2v) is 6.77. The largest absolute Gasteiger partial charge is 0.344 e. The van der Waals surface area contributed by atoms with Crippen LogP contribution < -0.4 is 16.2 Å². The molecule has 4 rings (SSSR count). The molecule has 1 aliphatic rings. The van der Waals surface area contributed by atoms with E-state index in [2.05, 4.69) is 30.7 Å². The van der Waals surface area contributed by atoms with Crippen molar-refractivity contribution in [1.29, 1.82) is 0 Å². The number of aromatic nitrogens is 5. The van der Waals surface area contributed by atoms with E-state index < -0.39 is 6.04 Å². The van der Waals surface area contributed by atoms with Crippen molar-refractivity contribution in [3.05, 3.63) is 41.1 Å². The number of anilines is 2. The van der Waals surface area contributed by atoms with Gasteiger partial charge in [0.25, 0.3) is 5.56 Å². The van der Waals surface area contributed by atoms with Crippen molar-refractivity contribution >= 4 is 28.6 Å². The molecule has 0 aromatic carbocycles. The SMILES string of the molecule is C[C@@H](Nc1nc2c(cnn2C2CCCC2)c(=O)[nH]1)C(=O)Nc1ccncc1. The van der Waals surface area contributed by atoms with Gasteiger partial charge in [0, 0.05) is 18.1 Å². The lowest BCUT2D eigenvalue weighted by Gasteiger charge is -2.15. The van der Waals surface area contributed by atoms with E-state index in [4.69, 9.17) is 0 Å². The first-order chi connectivity index (χ1) is 13.1. The van der Waals surface area contributed by atoms with Crippen molar-refractivity contribution in [2.45, 2.75) is 44.7 Å². The van der Waals surface area contributed by atoms with E-state index in [9.17, 15) is 9.59 Å². The molecular formula is C18H21N7O2. The zero-order chi connectivity index (χ0) is 18.8. The number of amides is 1. The number of rotatable bonds is 5. The second-order valence-electron chi connectivity index (χ2n) is 6.77. The normalized spacial score (nSPS) is 15.7. The predicted molar refractivity (Wildman–Crippen MR) is 102 cm³/mol. The number of nitrogens with one attached hydrogen (secondary N) is 3. The van der Waals surface area contributed by atoms with Crippen LogP contribution in [0.5, 0.6) is 0 Å². The number of hydrogen-bond acceptors (Lipinski definition) is 6. The topological polar surface area (TPSA) is 118 Å². The van der Waals surface area contributed by atoms with Gasteiger partial charge >= 0.3 is 0 Å². The summed E-state index contributed by atoms with van der Waals surface area (Å²) < 4.78 is 1.84. The van der Waals surface area contributed by atoms with Crippen LogP contribution in [-0.4, -0.2) is 36.7 Å². The van der Waals surface area contributed by atoms with Crippen molar-refractivity contribution < 1.29 is 4.79 Å². The summed E-state index contributed by atoms with van der Waals surface area (Å²) in [7, 11) is 0. The highest BCUT2D eigenvalue weighted by Crippen LogP contribution is 2.30. The van der Waals surface area contributed by atoms with Crippen LogP contribution in [0, 0.1) is 0 Å². The van der Waals surface area contributed by atoms with Crippen molar-refractivity contribution in [1.82, 2.24) is 24.7 Å². The van der Waals surface area contributed by atoms with Crippen LogP contribution in [0.3, 0.4) is 0 Å². The lowest BCUT2D eigenvalue weighted by molar-refractivity contribution is -0.116. The molecule has 3 N–H and O–H groups in total. The molecule has 1 saturated carbocycles. The quantitative estimate of drug-likeness (QED) is 0.635. The van der Waals surface area contributed by atoms with Gasteiger partial charge in [0.05, 0.1) is 12.2 Å². The highest BCUT2D eigenvalue weighted by molar-refractivity contribution is 5.96. The first-order valence-electron chi connectivity index (χ1n) is 9.07. The van der Waals surface area contributed by atoms with Crippen LogP contribution in [0.2, 0.25) is 0 Å². The molecule has 1 aliphatic carbocycles. The predicted octanol–water partition coefficient (Wildman–Crippen LogP) is 2.07. The van der Waals surface area contributed by atoms with Gasteiger partial charge in [0.15, 0.2) is 5.65 Å². The number of carbonyl (C=O) groups excluding carboxylic acids is 1. The van der Waals surface area contributed by atoms with E-state index in [0.29, 0.717) is 16.7 Å². The van der Waals surface area contributed by atoms with Gasteiger partial charge in [-0.05, 0) is 31.9 Å². The average Bonchev–Trinajstić information content (AvgIpc) is 3.32. The number of carbonyl (C=O) groups is 1. The molecule has 0 unspecified atom stereocenters. The van der Waals surface area contributed by atoms with Gasteiger partial charge in [-0.25, -0.2) is 4.68 Å². The number of H-pyrrole nitrogens is 1. The van der Waals surface area contributed by atoms with E-state index >= 15 is 0 Å². The maximum Gasteiger partial charge on any atom is 0.263 e. The van der Waals surface area contributed by atoms with Gasteiger partial charge in [-0.3, -0.25) is 19.6 Å². The fourth-order valence-electron chi connectivity index (χ4n) is 3.38. The van der Waals surface area contributed by atoms with Crippen LogP contribution in [0.4, 0.5) is 11.6 Å². The smallest absolute Gasteiger partial charge is 0.263 e. The summed E-state index contributed by atoms with van der Waals surface area (Å²) in [6, 6.07) is 3.09. The molecule has 9 nitrogen and oxygen atoms in total. The van der Waals surface area contributed by atoms with Gasteiger partial charge < -0.3 is 10.6 Å². The number of pyridine rings is 1. The maximum atomic E-state index is 12.4. The third kappa shape index (κ3) is 3.53. The molecule has 3 aromatic rings. The molecule has 0 spiro atoms. The third-order valence-electron chi connectivity index (χ3n) is 4.83. The van der Waals surface area contributed by atoms with Crippen LogP contribution in [0.1, 0.15) is 38.6 Å². The van der Waals surface area contributed by atoms with E-state index in [0.717, 1.165) is 25.7 Å². The molecule has 140 valence electrons. The zero-order valence-corrected chi connectivity index (χ0v) is 15.0. The Labute approximate surface area is 155 Å². The van der Waals surface area contributed by atoms with Crippen molar-refractivity contribution in [2.75, 3.05) is 10.6 Å². The summed E-state index contributed by atoms with van der Waals surface area (Å²) in [6.45, 7) is 1.70. The molecule has 0 bridgehead atoms. The van der Waals surface area contributed by atoms with Crippen LogP contribution in [-0.2, 0) is 4.79 Å². The Hall–Kier alpha value is -3.23. The van der Waals surface area contributed by atoms with Gasteiger partial charge in [0.1, 0.15) is 11.4 Å². The molecule has 1 atom stereocenters. The summed E-state index contributed by atoms with van der Waals surface area (Å²) in [4.78, 5) is 35.8. The molecular weight excluding hydrogens is 346 g/mol. The van der Waals surface area contributed by atoms with Crippen LogP contribution >= 0.6 is 0 Å². The van der Waals surface area contributed by atoms with E-state index in [1.54, 1.807) is 37.6 Å². The second kappa shape index (κ2) is 7.18. The summed E-state index contributed by atoms with van der Waals surface area (Å²) in [5, 5.41) is 10.6. The lowest BCUT2D eigenvalue weighted by atomic mass is 10.2. The molecule has 0 radical (unpaired) electrons. The number of hydrogen-bond donors (Lipinski definition) is 3. The molecule has 9 heteroatoms. The van der Waals surface area contributed by atoms with Crippen molar-refractivity contribution in [3.8, 4) is 0 Å². The Morgan fingerprint density at radius 1 is 1.30 bits per heavy atom. The Bertz CT molecular complexity index is 1010. The zero-order valence-electron chi connectivity index (χ0n) is 15.0. The van der Waals surface area contributed by atoms with Crippen LogP contribution in [0.15, 0.2) is 35.5 Å². The fourth-order valence-corrected chi connectivity index (χ4v) is 3.38. The summed E-state index contributed by atoms with van der Waals surface area (Å²) in [5.74, 6) is 0.0119. The highest BCUT2D eigenvalue weighted by Gasteiger charge is 2.22. The highest BCUT2D eigenvalue weighted by atomic mass is 16.2. The summed E-state index contributed by atoms with van der Waals surface area (Å²) in [5.41, 5.74) is 0.934. The van der Waals surface area contributed by atoms with Gasteiger partial charge in [-0.1, -0.05) is 12.8 Å². The van der Waals surface area contributed by atoms with E-state index in [-0.39, 0.29) is 23.5 Å². The van der Waals surface area contributed by atoms with Gasteiger partial charge in [-0.2, -0.15) is 10.1 Å². The lowest BCUT2D eigenvalue weighted by Crippen LogP contribution is -2.33. The minimum Gasteiger partial charge on any atom is -0.344 e. The molecule has 3 heterocycles. The van der Waals surface area contributed by atoms with E-state index in [1.165, 1.54) is 0 Å². The van der Waals surface area contributed by atoms with Crippen LogP contribution in [0.25, 0.3) is 11.0 Å². The van der Waals surface area contributed by atoms with Gasteiger partial charge in [0.2, 0.25) is 11.9 Å². The monoisotopic (exact) mass is 367 g/mol. The summed E-state index contributed by atoms with van der Waals surface area (Å²) >= 11 is 0. The average molecular weight is 367 g/mol. The Morgan fingerprint density at radius 3 is 2.78 bits per heavy atom.